The van der Waals surface area contributed by atoms with Gasteiger partial charge in [-0.3, -0.25) is 4.79 Å². The number of carbonyl (C=O) groups excluding carboxylic acids is 1. The molecule has 19 heavy (non-hydrogen) atoms. The Hall–Kier alpha value is -1.34. The lowest BCUT2D eigenvalue weighted by Gasteiger charge is -2.22. The number of carbonyl (C=O) groups is 2. The van der Waals surface area contributed by atoms with Crippen LogP contribution in [0.1, 0.15) is 13.3 Å². The second-order valence-electron chi connectivity index (χ2n) is 5.04. The number of nitrogens with one attached hydrogen (secondary N) is 1. The normalized spacial score (nSPS) is 24.3. The van der Waals surface area contributed by atoms with Crippen LogP contribution in [0.3, 0.4) is 0 Å². The molecule has 0 saturated carbocycles. The van der Waals surface area contributed by atoms with Gasteiger partial charge in [-0.25, -0.2) is 4.79 Å². The predicted molar refractivity (Wildman–Crippen MR) is 68.0 cm³/mol. The highest BCUT2D eigenvalue weighted by Crippen LogP contribution is 2.29. The number of hydrogen-bond acceptors (Lipinski definition) is 4. The maximum Gasteiger partial charge on any atom is 0.317 e. The van der Waals surface area contributed by atoms with Crippen LogP contribution in [0.25, 0.3) is 0 Å². The molecule has 1 heterocycles. The van der Waals surface area contributed by atoms with Crippen LogP contribution in [0.15, 0.2) is 0 Å². The second kappa shape index (κ2) is 6.72. The first-order chi connectivity index (χ1) is 8.92. The first kappa shape index (κ1) is 15.7. The van der Waals surface area contributed by atoms with Crippen molar-refractivity contribution in [2.45, 2.75) is 19.4 Å². The number of hydrogen-bond donors (Lipinski definition) is 2. The molecule has 0 aliphatic carbocycles. The van der Waals surface area contributed by atoms with Crippen molar-refractivity contribution in [1.82, 2.24) is 10.2 Å². The number of likely N-dealkylation sites (tertiary alicyclic amines) is 1. The minimum absolute atomic E-state index is 0.206. The molecule has 0 aromatic carbocycles. The van der Waals surface area contributed by atoms with Crippen LogP contribution < -0.4 is 5.32 Å². The molecule has 110 valence electrons. The van der Waals surface area contributed by atoms with E-state index in [1.165, 1.54) is 4.90 Å². The fourth-order valence-electron chi connectivity index (χ4n) is 2.02. The van der Waals surface area contributed by atoms with E-state index in [2.05, 4.69) is 5.32 Å². The summed E-state index contributed by atoms with van der Waals surface area (Å²) in [5, 5.41) is 11.8. The Morgan fingerprint density at radius 1 is 1.47 bits per heavy atom. The number of amides is 2. The van der Waals surface area contributed by atoms with Crippen molar-refractivity contribution in [2.24, 2.45) is 5.41 Å². The molecule has 2 unspecified atom stereocenters. The number of aliphatic carboxylic acids is 1. The monoisotopic (exact) mass is 274 g/mol. The Morgan fingerprint density at radius 3 is 2.63 bits per heavy atom. The fourth-order valence-corrected chi connectivity index (χ4v) is 2.02. The van der Waals surface area contributed by atoms with Gasteiger partial charge in [0.05, 0.1) is 18.1 Å². The molecule has 2 N–H and O–H groups in total. The van der Waals surface area contributed by atoms with Crippen molar-refractivity contribution in [3.05, 3.63) is 0 Å². The maximum absolute atomic E-state index is 11.9. The van der Waals surface area contributed by atoms with E-state index < -0.39 is 11.4 Å². The summed E-state index contributed by atoms with van der Waals surface area (Å²) in [7, 11) is 3.11. The van der Waals surface area contributed by atoms with Gasteiger partial charge in [0, 0.05) is 33.9 Å². The summed E-state index contributed by atoms with van der Waals surface area (Å²) < 4.78 is 10.1. The minimum atomic E-state index is -0.864. The summed E-state index contributed by atoms with van der Waals surface area (Å²) >= 11 is 0. The van der Waals surface area contributed by atoms with E-state index in [0.29, 0.717) is 26.1 Å². The molecule has 0 radical (unpaired) electrons. The van der Waals surface area contributed by atoms with Crippen LogP contribution in [0, 0.1) is 5.41 Å². The lowest BCUT2D eigenvalue weighted by molar-refractivity contribution is -0.147. The molecule has 1 fully saturated rings. The van der Waals surface area contributed by atoms with E-state index in [0.717, 1.165) is 0 Å². The van der Waals surface area contributed by atoms with E-state index in [-0.39, 0.29) is 18.7 Å². The largest absolute Gasteiger partial charge is 0.481 e. The quantitative estimate of drug-likeness (QED) is 0.720. The van der Waals surface area contributed by atoms with E-state index in [1.807, 2.05) is 0 Å². The second-order valence-corrected chi connectivity index (χ2v) is 5.04. The van der Waals surface area contributed by atoms with E-state index >= 15 is 0 Å². The molecule has 0 aromatic heterocycles. The number of nitrogens with zero attached hydrogens (tertiary/aromatic N) is 1. The maximum atomic E-state index is 11.9. The van der Waals surface area contributed by atoms with E-state index in [1.54, 1.807) is 21.1 Å². The van der Waals surface area contributed by atoms with Gasteiger partial charge in [-0.05, 0) is 13.3 Å². The van der Waals surface area contributed by atoms with Crippen molar-refractivity contribution in [3.8, 4) is 0 Å². The average molecular weight is 274 g/mol. The average Bonchev–Trinajstić information content (AvgIpc) is 2.78. The number of carboxylic acid groups (broad SMARTS) is 1. The van der Waals surface area contributed by atoms with Crippen molar-refractivity contribution in [1.29, 1.82) is 0 Å². The highest BCUT2D eigenvalue weighted by molar-refractivity contribution is 5.79. The Morgan fingerprint density at radius 2 is 2.16 bits per heavy atom. The molecule has 0 bridgehead atoms. The standard InChI is InChI=1S/C12H22N2O5/c1-12(10(15)16)4-5-14(8-12)11(17)13-6-9(19-3)7-18-2/h9H,4-8H2,1-3H3,(H,13,17)(H,15,16). The highest BCUT2D eigenvalue weighted by Gasteiger charge is 2.42. The molecule has 0 aromatic rings. The van der Waals surface area contributed by atoms with Gasteiger partial charge < -0.3 is 24.8 Å². The molecule has 1 rings (SSSR count). The van der Waals surface area contributed by atoms with E-state index in [4.69, 9.17) is 14.6 Å². The Kier molecular flexibility index (Phi) is 5.56. The zero-order chi connectivity index (χ0) is 14.5. The predicted octanol–water partition coefficient (Wildman–Crippen LogP) is 0.154. The molecule has 2 amide bonds. The highest BCUT2D eigenvalue weighted by atomic mass is 16.5. The Bertz CT molecular complexity index is 336. The minimum Gasteiger partial charge on any atom is -0.481 e. The summed E-state index contributed by atoms with van der Waals surface area (Å²) in [6, 6.07) is -0.261. The first-order valence-corrected chi connectivity index (χ1v) is 6.21. The zero-order valence-electron chi connectivity index (χ0n) is 11.6. The number of ether oxygens (including phenoxy) is 2. The molecule has 2 atom stereocenters. The summed E-state index contributed by atoms with van der Waals surface area (Å²) in [6.45, 7) is 3.07. The summed E-state index contributed by atoms with van der Waals surface area (Å²) in [5.74, 6) is -0.864. The van der Waals surface area contributed by atoms with Crippen LogP contribution in [-0.2, 0) is 14.3 Å². The topological polar surface area (TPSA) is 88.1 Å². The van der Waals surface area contributed by atoms with Gasteiger partial charge in [0.15, 0.2) is 0 Å². The molecule has 1 aliphatic heterocycles. The van der Waals surface area contributed by atoms with Gasteiger partial charge in [-0.1, -0.05) is 0 Å². The van der Waals surface area contributed by atoms with Crippen molar-refractivity contribution < 1.29 is 24.2 Å². The third kappa shape index (κ3) is 4.07. The van der Waals surface area contributed by atoms with Gasteiger partial charge in [0.25, 0.3) is 0 Å². The van der Waals surface area contributed by atoms with Crippen LogP contribution >= 0.6 is 0 Å². The summed E-state index contributed by atoms with van der Waals surface area (Å²) in [5.41, 5.74) is -0.843. The third-order valence-corrected chi connectivity index (χ3v) is 3.44. The molecule has 0 spiro atoms. The lowest BCUT2D eigenvalue weighted by atomic mass is 9.90. The van der Waals surface area contributed by atoms with Crippen LogP contribution in [-0.4, -0.2) is 68.6 Å². The number of rotatable bonds is 6. The number of carboxylic acids is 1. The molecule has 1 saturated heterocycles. The molecule has 7 heteroatoms. The van der Waals surface area contributed by atoms with Crippen molar-refractivity contribution in [3.63, 3.8) is 0 Å². The molecule has 7 nitrogen and oxygen atoms in total. The zero-order valence-corrected chi connectivity index (χ0v) is 11.6. The van der Waals surface area contributed by atoms with Crippen molar-refractivity contribution >= 4 is 12.0 Å². The van der Waals surface area contributed by atoms with Crippen LogP contribution in [0.5, 0.6) is 0 Å². The van der Waals surface area contributed by atoms with Gasteiger partial charge in [0.1, 0.15) is 0 Å². The summed E-state index contributed by atoms with van der Waals surface area (Å²) in [6.07, 6.45) is 0.268. The smallest absolute Gasteiger partial charge is 0.317 e. The van der Waals surface area contributed by atoms with Crippen molar-refractivity contribution in [2.75, 3.05) is 40.5 Å². The lowest BCUT2D eigenvalue weighted by Crippen LogP contribution is -2.44. The van der Waals surface area contributed by atoms with E-state index in [9.17, 15) is 9.59 Å². The SMILES string of the molecule is COCC(CNC(=O)N1CCC(C)(C(=O)O)C1)OC. The number of methoxy groups -OCH3 is 2. The molecule has 1 aliphatic rings. The number of urea groups is 1. The van der Waals surface area contributed by atoms with Crippen LogP contribution in [0.2, 0.25) is 0 Å². The van der Waals surface area contributed by atoms with Gasteiger partial charge in [-0.15, -0.1) is 0 Å². The molecular weight excluding hydrogens is 252 g/mol. The summed E-state index contributed by atoms with van der Waals surface area (Å²) in [4.78, 5) is 24.5. The Labute approximate surface area is 112 Å². The third-order valence-electron chi connectivity index (χ3n) is 3.44. The fraction of sp³-hybridized carbons (Fsp3) is 0.833. The molecular formula is C12H22N2O5. The van der Waals surface area contributed by atoms with Gasteiger partial charge in [-0.2, -0.15) is 0 Å². The van der Waals surface area contributed by atoms with Gasteiger partial charge >= 0.3 is 12.0 Å². The van der Waals surface area contributed by atoms with Gasteiger partial charge in [0.2, 0.25) is 0 Å². The Balaban J connectivity index is 2.41. The first-order valence-electron chi connectivity index (χ1n) is 6.21. The van der Waals surface area contributed by atoms with Crippen LogP contribution in [0.4, 0.5) is 4.79 Å².